The number of amides is 2. The van der Waals surface area contributed by atoms with E-state index in [2.05, 4.69) is 39.8 Å². The van der Waals surface area contributed by atoms with Gasteiger partial charge in [-0.25, -0.2) is 4.79 Å². The number of rotatable bonds is 5. The predicted octanol–water partition coefficient (Wildman–Crippen LogP) is 2.65. The molecular formula is C19H29N3O2. The molecule has 132 valence electrons. The number of ether oxygens (including phenoxy) is 1. The Morgan fingerprint density at radius 1 is 1.12 bits per heavy atom. The molecule has 5 nitrogen and oxygen atoms in total. The van der Waals surface area contributed by atoms with Crippen LogP contribution in [0.25, 0.3) is 0 Å². The quantitative estimate of drug-likeness (QED) is 0.872. The second-order valence-corrected chi connectivity index (χ2v) is 6.87. The number of nitrogens with one attached hydrogen (secondary N) is 2. The molecule has 2 aliphatic rings. The Morgan fingerprint density at radius 3 is 2.67 bits per heavy atom. The Labute approximate surface area is 144 Å². The van der Waals surface area contributed by atoms with E-state index in [9.17, 15) is 4.79 Å². The van der Waals surface area contributed by atoms with Gasteiger partial charge in [-0.3, -0.25) is 4.90 Å². The number of benzene rings is 1. The average molecular weight is 331 g/mol. The molecule has 0 atom stereocenters. The molecule has 1 heterocycles. The van der Waals surface area contributed by atoms with Crippen molar-refractivity contribution in [1.29, 1.82) is 0 Å². The number of carbonyl (C=O) groups is 1. The maximum Gasteiger partial charge on any atom is 0.315 e. The van der Waals surface area contributed by atoms with Gasteiger partial charge in [-0.2, -0.15) is 0 Å². The Kier molecular flexibility index (Phi) is 6.49. The molecule has 2 amide bonds. The van der Waals surface area contributed by atoms with Crippen LogP contribution in [0, 0.1) is 0 Å². The van der Waals surface area contributed by atoms with Gasteiger partial charge in [-0.15, -0.1) is 0 Å². The highest BCUT2D eigenvalue weighted by molar-refractivity contribution is 5.74. The number of urea groups is 1. The Bertz CT molecular complexity index is 523. The molecule has 1 aromatic carbocycles. The van der Waals surface area contributed by atoms with E-state index in [0.717, 1.165) is 51.3 Å². The number of carbonyl (C=O) groups excluding carboxylic acids is 1. The summed E-state index contributed by atoms with van der Waals surface area (Å²) in [5.41, 5.74) is 2.45. The molecule has 1 aromatic rings. The average Bonchev–Trinajstić information content (AvgIpc) is 2.62. The lowest BCUT2D eigenvalue weighted by molar-refractivity contribution is 0.0342. The fourth-order valence-electron chi connectivity index (χ4n) is 3.52. The number of hydrogen-bond acceptors (Lipinski definition) is 3. The molecule has 0 radical (unpaired) electrons. The van der Waals surface area contributed by atoms with Gasteiger partial charge in [-0.1, -0.05) is 43.5 Å². The molecule has 0 bridgehead atoms. The van der Waals surface area contributed by atoms with Crippen LogP contribution in [0.2, 0.25) is 0 Å². The van der Waals surface area contributed by atoms with Gasteiger partial charge >= 0.3 is 6.03 Å². The predicted molar refractivity (Wildman–Crippen MR) is 94.8 cm³/mol. The van der Waals surface area contributed by atoms with Crippen molar-refractivity contribution in [2.24, 2.45) is 0 Å². The van der Waals surface area contributed by atoms with Crippen LogP contribution in [0.3, 0.4) is 0 Å². The first-order chi connectivity index (χ1) is 11.8. The molecule has 24 heavy (non-hydrogen) atoms. The Hall–Kier alpha value is -1.59. The SMILES string of the molecule is O=C(NCc1cccc(CN2CCOCC2)c1)NC1CCCCC1. The summed E-state index contributed by atoms with van der Waals surface area (Å²) < 4.78 is 5.39. The maximum atomic E-state index is 12.0. The molecule has 5 heteroatoms. The van der Waals surface area contributed by atoms with E-state index in [1.807, 2.05) is 0 Å². The minimum absolute atomic E-state index is 0.0412. The summed E-state index contributed by atoms with van der Waals surface area (Å²) >= 11 is 0. The molecule has 0 aromatic heterocycles. The third-order valence-corrected chi connectivity index (χ3v) is 4.89. The lowest BCUT2D eigenvalue weighted by Crippen LogP contribution is -2.42. The second kappa shape index (κ2) is 9.04. The van der Waals surface area contributed by atoms with E-state index in [1.54, 1.807) is 0 Å². The molecule has 0 spiro atoms. The summed E-state index contributed by atoms with van der Waals surface area (Å²) in [6.07, 6.45) is 5.99. The lowest BCUT2D eigenvalue weighted by atomic mass is 9.96. The first kappa shape index (κ1) is 17.2. The zero-order chi connectivity index (χ0) is 16.6. The third-order valence-electron chi connectivity index (χ3n) is 4.89. The van der Waals surface area contributed by atoms with Gasteiger partial charge in [0.15, 0.2) is 0 Å². The highest BCUT2D eigenvalue weighted by Crippen LogP contribution is 2.17. The fourth-order valence-corrected chi connectivity index (χ4v) is 3.52. The van der Waals surface area contributed by atoms with Gasteiger partial charge in [0, 0.05) is 32.2 Å². The number of nitrogens with zero attached hydrogens (tertiary/aromatic N) is 1. The molecule has 1 saturated carbocycles. The van der Waals surface area contributed by atoms with Crippen molar-refractivity contribution in [1.82, 2.24) is 15.5 Å². The van der Waals surface area contributed by atoms with Crippen molar-refractivity contribution in [3.8, 4) is 0 Å². The molecule has 3 rings (SSSR count). The molecule has 2 N–H and O–H groups in total. The highest BCUT2D eigenvalue weighted by Gasteiger charge is 2.15. The summed E-state index contributed by atoms with van der Waals surface area (Å²) in [4.78, 5) is 14.5. The maximum absolute atomic E-state index is 12.0. The summed E-state index contributed by atoms with van der Waals surface area (Å²) in [6.45, 7) is 5.16. The molecular weight excluding hydrogens is 302 g/mol. The largest absolute Gasteiger partial charge is 0.379 e. The van der Waals surface area contributed by atoms with Crippen molar-refractivity contribution in [3.63, 3.8) is 0 Å². The van der Waals surface area contributed by atoms with Gasteiger partial charge in [0.05, 0.1) is 13.2 Å². The second-order valence-electron chi connectivity index (χ2n) is 6.87. The van der Waals surface area contributed by atoms with Crippen LogP contribution < -0.4 is 10.6 Å². The normalized spacial score (nSPS) is 19.8. The van der Waals surface area contributed by atoms with Gasteiger partial charge in [0.25, 0.3) is 0 Å². The van der Waals surface area contributed by atoms with Crippen LogP contribution >= 0.6 is 0 Å². The van der Waals surface area contributed by atoms with Crippen LogP contribution in [0.1, 0.15) is 43.2 Å². The van der Waals surface area contributed by atoms with E-state index >= 15 is 0 Å². The lowest BCUT2D eigenvalue weighted by Gasteiger charge is -2.26. The fraction of sp³-hybridized carbons (Fsp3) is 0.632. The van der Waals surface area contributed by atoms with E-state index in [1.165, 1.54) is 24.8 Å². The van der Waals surface area contributed by atoms with E-state index in [0.29, 0.717) is 12.6 Å². The van der Waals surface area contributed by atoms with Crippen molar-refractivity contribution in [3.05, 3.63) is 35.4 Å². The highest BCUT2D eigenvalue weighted by atomic mass is 16.5. The van der Waals surface area contributed by atoms with Gasteiger partial charge < -0.3 is 15.4 Å². The number of hydrogen-bond donors (Lipinski definition) is 2. The van der Waals surface area contributed by atoms with Crippen LogP contribution in [-0.2, 0) is 17.8 Å². The first-order valence-corrected chi connectivity index (χ1v) is 9.22. The number of morpholine rings is 1. The van der Waals surface area contributed by atoms with Gasteiger partial charge in [0.1, 0.15) is 0 Å². The van der Waals surface area contributed by atoms with Crippen molar-refractivity contribution < 1.29 is 9.53 Å². The Balaban J connectivity index is 1.44. The summed E-state index contributed by atoms with van der Waals surface area (Å²) in [5.74, 6) is 0. The van der Waals surface area contributed by atoms with Gasteiger partial charge in [0.2, 0.25) is 0 Å². The molecule has 1 aliphatic carbocycles. The monoisotopic (exact) mass is 331 g/mol. The third kappa shape index (κ3) is 5.49. The standard InChI is InChI=1S/C19H29N3O2/c23-19(21-18-7-2-1-3-8-18)20-14-16-5-4-6-17(13-16)15-22-9-11-24-12-10-22/h4-6,13,18H,1-3,7-12,14-15H2,(H2,20,21,23). The summed E-state index contributed by atoms with van der Waals surface area (Å²) in [6, 6.07) is 8.80. The molecule has 2 fully saturated rings. The minimum Gasteiger partial charge on any atom is -0.379 e. The zero-order valence-corrected chi connectivity index (χ0v) is 14.4. The molecule has 1 aliphatic heterocycles. The van der Waals surface area contributed by atoms with Crippen LogP contribution in [0.15, 0.2) is 24.3 Å². The summed E-state index contributed by atoms with van der Waals surface area (Å²) in [5, 5.41) is 6.09. The van der Waals surface area contributed by atoms with Crippen LogP contribution in [0.4, 0.5) is 4.79 Å². The molecule has 0 unspecified atom stereocenters. The van der Waals surface area contributed by atoms with E-state index in [4.69, 9.17) is 4.74 Å². The van der Waals surface area contributed by atoms with E-state index in [-0.39, 0.29) is 6.03 Å². The van der Waals surface area contributed by atoms with Crippen LogP contribution in [0.5, 0.6) is 0 Å². The van der Waals surface area contributed by atoms with E-state index < -0.39 is 0 Å². The molecule has 1 saturated heterocycles. The van der Waals surface area contributed by atoms with Crippen molar-refractivity contribution >= 4 is 6.03 Å². The van der Waals surface area contributed by atoms with Crippen molar-refractivity contribution in [2.75, 3.05) is 26.3 Å². The smallest absolute Gasteiger partial charge is 0.315 e. The van der Waals surface area contributed by atoms with Crippen molar-refractivity contribution in [2.45, 2.75) is 51.2 Å². The Morgan fingerprint density at radius 2 is 1.88 bits per heavy atom. The van der Waals surface area contributed by atoms with Crippen LogP contribution in [-0.4, -0.2) is 43.3 Å². The topological polar surface area (TPSA) is 53.6 Å². The first-order valence-electron chi connectivity index (χ1n) is 9.22. The van der Waals surface area contributed by atoms with Gasteiger partial charge in [-0.05, 0) is 24.0 Å². The zero-order valence-electron chi connectivity index (χ0n) is 14.4. The summed E-state index contributed by atoms with van der Waals surface area (Å²) in [7, 11) is 0. The minimum atomic E-state index is -0.0412.